The molecule has 0 radical (unpaired) electrons. The molecule has 0 aliphatic heterocycles. The minimum atomic E-state index is 0.825. The number of hydrogen-bond acceptors (Lipinski definition) is 3. The van der Waals surface area contributed by atoms with Gasteiger partial charge in [-0.25, -0.2) is 0 Å². The third kappa shape index (κ3) is 2.82. The maximum Gasteiger partial charge on any atom is 0.107 e. The maximum atomic E-state index is 5.55. The van der Waals surface area contributed by atoms with E-state index >= 15 is 0 Å². The minimum absolute atomic E-state index is 0.825. The Kier molecular flexibility index (Phi) is 4.23. The topological polar surface area (TPSA) is 9.86 Å². The van der Waals surface area contributed by atoms with Crippen molar-refractivity contribution in [2.75, 3.05) is 0 Å². The monoisotopic (exact) mass is 380 g/mol. The van der Waals surface area contributed by atoms with Gasteiger partial charge < -0.3 is 9.13 Å². The number of aromatic nitrogens is 2. The molecule has 2 aromatic carbocycles. The van der Waals surface area contributed by atoms with Crippen molar-refractivity contribution < 1.29 is 0 Å². The molecule has 0 aliphatic carbocycles. The summed E-state index contributed by atoms with van der Waals surface area (Å²) in [5.74, 6) is 0. The molecule has 2 nitrogen and oxygen atoms in total. The highest BCUT2D eigenvalue weighted by Crippen LogP contribution is 2.37. The number of pyridine rings is 2. The zero-order valence-corrected chi connectivity index (χ0v) is 16.3. The minimum Gasteiger partial charge on any atom is -0.335 e. The molecule has 124 valence electrons. The van der Waals surface area contributed by atoms with Crippen molar-refractivity contribution in [2.45, 2.75) is 9.79 Å². The second-order valence-electron chi connectivity index (χ2n) is 5.95. The first-order chi connectivity index (χ1) is 12.1. The van der Waals surface area contributed by atoms with Gasteiger partial charge >= 0.3 is 0 Å². The molecule has 0 N–H and O–H groups in total. The Labute approximate surface area is 160 Å². The van der Waals surface area contributed by atoms with Crippen LogP contribution in [0.3, 0.4) is 0 Å². The lowest BCUT2D eigenvalue weighted by molar-refractivity contribution is 0.926. The Hall–Kier alpha value is -1.95. The van der Waals surface area contributed by atoms with E-state index in [1.54, 1.807) is 11.8 Å². The highest BCUT2D eigenvalue weighted by Gasteiger charge is 2.10. The number of aryl methyl sites for hydroxylation is 2. The van der Waals surface area contributed by atoms with Gasteiger partial charge in [0.1, 0.15) is 9.28 Å². The van der Waals surface area contributed by atoms with E-state index in [0.717, 1.165) is 30.1 Å². The standard InChI is InChI=1S/C20H16N2S3/c1-21-15-9-5-3-7-13(15)17(11-19(21)23)25-18-12-20(24)22(2)16-10-6-4-8-14(16)18/h3-12H,1-2H3. The highest BCUT2D eigenvalue weighted by molar-refractivity contribution is 7.99. The molecule has 0 saturated carbocycles. The van der Waals surface area contributed by atoms with E-state index in [0.29, 0.717) is 0 Å². The summed E-state index contributed by atoms with van der Waals surface area (Å²) < 4.78 is 5.75. The van der Waals surface area contributed by atoms with Crippen molar-refractivity contribution >= 4 is 58.0 Å². The van der Waals surface area contributed by atoms with Gasteiger partial charge in [0.15, 0.2) is 0 Å². The summed E-state index contributed by atoms with van der Waals surface area (Å²) in [7, 11) is 4.02. The largest absolute Gasteiger partial charge is 0.335 e. The molecular formula is C20H16N2S3. The molecule has 0 saturated heterocycles. The van der Waals surface area contributed by atoms with Crippen LogP contribution in [0.15, 0.2) is 70.5 Å². The molecule has 0 unspecified atom stereocenters. The zero-order chi connectivity index (χ0) is 17.6. The predicted molar refractivity (Wildman–Crippen MR) is 112 cm³/mol. The molecule has 0 bridgehead atoms. The van der Waals surface area contributed by atoms with Gasteiger partial charge in [-0.3, -0.25) is 0 Å². The Bertz CT molecular complexity index is 1140. The fourth-order valence-electron chi connectivity index (χ4n) is 3.05. The molecule has 2 heterocycles. The molecular weight excluding hydrogens is 364 g/mol. The van der Waals surface area contributed by atoms with E-state index < -0.39 is 0 Å². The van der Waals surface area contributed by atoms with Gasteiger partial charge in [0.25, 0.3) is 0 Å². The van der Waals surface area contributed by atoms with Crippen LogP contribution in [0.5, 0.6) is 0 Å². The fraction of sp³-hybridized carbons (Fsp3) is 0.100. The summed E-state index contributed by atoms with van der Waals surface area (Å²) in [4.78, 5) is 2.32. The van der Waals surface area contributed by atoms with Crippen LogP contribution in [0.4, 0.5) is 0 Å². The smallest absolute Gasteiger partial charge is 0.107 e. The summed E-state index contributed by atoms with van der Waals surface area (Å²) >= 11 is 12.8. The predicted octanol–water partition coefficient (Wildman–Crippen LogP) is 6.28. The van der Waals surface area contributed by atoms with Gasteiger partial charge in [0, 0.05) is 45.7 Å². The van der Waals surface area contributed by atoms with Crippen molar-refractivity contribution in [3.63, 3.8) is 0 Å². The molecule has 0 spiro atoms. The van der Waals surface area contributed by atoms with Crippen LogP contribution in [-0.4, -0.2) is 9.13 Å². The molecule has 0 aliphatic rings. The lowest BCUT2D eigenvalue weighted by atomic mass is 10.2. The van der Waals surface area contributed by atoms with Gasteiger partial charge in [-0.05, 0) is 24.3 Å². The molecule has 2 aromatic heterocycles. The van der Waals surface area contributed by atoms with E-state index in [1.165, 1.54) is 10.8 Å². The fourth-order valence-corrected chi connectivity index (χ4v) is 4.77. The number of para-hydroxylation sites is 2. The maximum absolute atomic E-state index is 5.55. The average Bonchev–Trinajstić information content (AvgIpc) is 2.64. The molecule has 5 heteroatoms. The van der Waals surface area contributed by atoms with Gasteiger partial charge in [-0.1, -0.05) is 72.6 Å². The molecule has 4 aromatic rings. The first-order valence-corrected chi connectivity index (χ1v) is 9.55. The Morgan fingerprint density at radius 1 is 0.680 bits per heavy atom. The lowest BCUT2D eigenvalue weighted by Crippen LogP contribution is -1.97. The van der Waals surface area contributed by atoms with Crippen LogP contribution < -0.4 is 0 Å². The highest BCUT2D eigenvalue weighted by atomic mass is 32.2. The second-order valence-corrected chi connectivity index (χ2v) is 7.87. The SMILES string of the molecule is Cn1c(=S)cc(Sc2cc(=S)n(C)c3ccccc23)c2ccccc21. The summed E-state index contributed by atoms with van der Waals surface area (Å²) in [6.45, 7) is 0. The first kappa shape index (κ1) is 16.5. The van der Waals surface area contributed by atoms with Crippen molar-refractivity contribution in [2.24, 2.45) is 14.1 Å². The van der Waals surface area contributed by atoms with Crippen LogP contribution in [0, 0.1) is 9.28 Å². The van der Waals surface area contributed by atoms with E-state index in [4.69, 9.17) is 24.4 Å². The van der Waals surface area contributed by atoms with Crippen LogP contribution in [0.25, 0.3) is 21.8 Å². The number of rotatable bonds is 2. The van der Waals surface area contributed by atoms with Crippen molar-refractivity contribution in [3.8, 4) is 0 Å². The van der Waals surface area contributed by atoms with Crippen LogP contribution in [-0.2, 0) is 14.1 Å². The van der Waals surface area contributed by atoms with E-state index in [2.05, 4.69) is 57.7 Å². The van der Waals surface area contributed by atoms with Crippen molar-refractivity contribution in [1.29, 1.82) is 0 Å². The van der Waals surface area contributed by atoms with Gasteiger partial charge in [0.05, 0.1) is 0 Å². The molecule has 25 heavy (non-hydrogen) atoms. The van der Waals surface area contributed by atoms with Gasteiger partial charge in [-0.2, -0.15) is 0 Å². The average molecular weight is 381 g/mol. The Morgan fingerprint density at radius 3 is 1.52 bits per heavy atom. The summed E-state index contributed by atoms with van der Waals surface area (Å²) in [5, 5.41) is 2.40. The normalized spacial score (nSPS) is 11.3. The zero-order valence-electron chi connectivity index (χ0n) is 13.9. The summed E-state index contributed by atoms with van der Waals surface area (Å²) in [5.41, 5.74) is 2.28. The number of hydrogen-bond donors (Lipinski definition) is 0. The summed E-state index contributed by atoms with van der Waals surface area (Å²) in [6.07, 6.45) is 0. The van der Waals surface area contributed by atoms with Crippen LogP contribution >= 0.6 is 36.2 Å². The molecule has 0 atom stereocenters. The van der Waals surface area contributed by atoms with E-state index in [1.807, 2.05) is 26.2 Å². The van der Waals surface area contributed by atoms with E-state index in [9.17, 15) is 0 Å². The quantitative estimate of drug-likeness (QED) is 0.379. The van der Waals surface area contributed by atoms with E-state index in [-0.39, 0.29) is 0 Å². The van der Waals surface area contributed by atoms with Crippen molar-refractivity contribution in [3.05, 3.63) is 69.9 Å². The third-order valence-corrected chi connectivity index (χ3v) is 6.35. The number of benzene rings is 2. The number of nitrogens with zero attached hydrogens (tertiary/aromatic N) is 2. The third-order valence-electron chi connectivity index (χ3n) is 4.45. The number of fused-ring (bicyclic) bond motifs is 2. The summed E-state index contributed by atoms with van der Waals surface area (Å²) in [6, 6.07) is 20.9. The van der Waals surface area contributed by atoms with Crippen molar-refractivity contribution in [1.82, 2.24) is 9.13 Å². The lowest BCUT2D eigenvalue weighted by Gasteiger charge is -2.14. The first-order valence-electron chi connectivity index (χ1n) is 7.91. The molecule has 4 rings (SSSR count). The Balaban J connectivity index is 1.99. The van der Waals surface area contributed by atoms with Crippen LogP contribution in [0.1, 0.15) is 0 Å². The Morgan fingerprint density at radius 2 is 1.08 bits per heavy atom. The van der Waals surface area contributed by atoms with Crippen LogP contribution in [0.2, 0.25) is 0 Å². The van der Waals surface area contributed by atoms with Gasteiger partial charge in [-0.15, -0.1) is 0 Å². The second kappa shape index (κ2) is 6.41. The van der Waals surface area contributed by atoms with Gasteiger partial charge in [0.2, 0.25) is 0 Å². The molecule has 0 fully saturated rings. The molecule has 0 amide bonds.